The van der Waals surface area contributed by atoms with Gasteiger partial charge in [-0.2, -0.15) is 0 Å². The lowest BCUT2D eigenvalue weighted by atomic mass is 9.75. The number of imide groups is 2. The Morgan fingerprint density at radius 1 is 0.878 bits per heavy atom. The molecule has 3 aliphatic rings. The maximum atomic E-state index is 14.4. The Labute approximate surface area is 237 Å². The molecule has 10 heteroatoms. The molecule has 3 atom stereocenters. The summed E-state index contributed by atoms with van der Waals surface area (Å²) in [5, 5.41) is 2.48. The molecule has 3 aliphatic heterocycles. The second kappa shape index (κ2) is 10.5. The van der Waals surface area contributed by atoms with E-state index in [0.717, 1.165) is 17.0 Å². The van der Waals surface area contributed by atoms with Crippen LogP contribution in [0.3, 0.4) is 0 Å². The van der Waals surface area contributed by atoms with Crippen molar-refractivity contribution in [2.75, 3.05) is 38.8 Å². The number of rotatable bonds is 7. The van der Waals surface area contributed by atoms with Gasteiger partial charge in [0.25, 0.3) is 11.5 Å². The average molecular weight is 557 g/mol. The molecule has 3 unspecified atom stereocenters. The monoisotopic (exact) mass is 556 g/mol. The van der Waals surface area contributed by atoms with Gasteiger partial charge in [0.2, 0.25) is 5.91 Å². The SMILES string of the molecule is COc1ccc(CC2(CN3CC4CC(C3)c3cccc(=O)n3C4)C(=O)NC(=O)N(c3ccccc3)C2=O)cc1OC. The zero-order chi connectivity index (χ0) is 28.7. The van der Waals surface area contributed by atoms with Crippen molar-refractivity contribution in [3.05, 3.63) is 88.3 Å². The minimum atomic E-state index is -1.59. The van der Waals surface area contributed by atoms with Crippen molar-refractivity contribution in [3.8, 4) is 11.5 Å². The maximum absolute atomic E-state index is 14.4. The van der Waals surface area contributed by atoms with E-state index in [4.69, 9.17) is 9.47 Å². The molecule has 1 aromatic heterocycles. The van der Waals surface area contributed by atoms with Crippen LogP contribution >= 0.6 is 0 Å². The molecule has 4 amide bonds. The summed E-state index contributed by atoms with van der Waals surface area (Å²) >= 11 is 0. The molecule has 2 saturated heterocycles. The van der Waals surface area contributed by atoms with Crippen molar-refractivity contribution >= 4 is 23.5 Å². The number of pyridine rings is 1. The van der Waals surface area contributed by atoms with Gasteiger partial charge in [0, 0.05) is 43.9 Å². The van der Waals surface area contributed by atoms with Crippen molar-refractivity contribution in [1.29, 1.82) is 0 Å². The molecule has 212 valence electrons. The summed E-state index contributed by atoms with van der Waals surface area (Å²) in [6, 6.07) is 18.5. The summed E-state index contributed by atoms with van der Waals surface area (Å²) in [5.41, 5.74) is 0.471. The van der Waals surface area contributed by atoms with E-state index in [1.165, 1.54) is 7.11 Å². The second-order valence-corrected chi connectivity index (χ2v) is 11.1. The summed E-state index contributed by atoms with van der Waals surface area (Å²) in [4.78, 5) is 57.1. The highest BCUT2D eigenvalue weighted by Crippen LogP contribution is 2.40. The van der Waals surface area contributed by atoms with E-state index in [-0.39, 0.29) is 30.4 Å². The van der Waals surface area contributed by atoms with Gasteiger partial charge in [-0.25, -0.2) is 9.69 Å². The molecule has 0 saturated carbocycles. The van der Waals surface area contributed by atoms with Crippen molar-refractivity contribution in [1.82, 2.24) is 14.8 Å². The molecule has 2 aromatic carbocycles. The Kier molecular flexibility index (Phi) is 6.86. The Bertz CT molecular complexity index is 1570. The summed E-state index contributed by atoms with van der Waals surface area (Å²) in [6.07, 6.45) is 0.994. The van der Waals surface area contributed by atoms with E-state index < -0.39 is 23.3 Å². The highest BCUT2D eigenvalue weighted by Gasteiger charge is 2.56. The molecule has 1 N–H and O–H groups in total. The predicted molar refractivity (Wildman–Crippen MR) is 151 cm³/mol. The molecule has 6 rings (SSSR count). The van der Waals surface area contributed by atoms with Gasteiger partial charge in [-0.15, -0.1) is 0 Å². The highest BCUT2D eigenvalue weighted by molar-refractivity contribution is 6.30. The van der Waals surface area contributed by atoms with Gasteiger partial charge in [0.15, 0.2) is 11.5 Å². The summed E-state index contributed by atoms with van der Waals surface area (Å²) in [5.74, 6) is 0.121. The zero-order valence-corrected chi connectivity index (χ0v) is 23.0. The summed E-state index contributed by atoms with van der Waals surface area (Å²) in [6.45, 7) is 1.93. The first-order valence-corrected chi connectivity index (χ1v) is 13.7. The molecule has 2 bridgehead atoms. The number of hydrogen-bond donors (Lipinski definition) is 1. The number of ether oxygens (including phenoxy) is 2. The van der Waals surface area contributed by atoms with E-state index in [1.807, 2.05) is 10.6 Å². The number of carbonyl (C=O) groups excluding carboxylic acids is 3. The third-order valence-corrected chi connectivity index (χ3v) is 8.49. The van der Waals surface area contributed by atoms with E-state index in [0.29, 0.717) is 42.4 Å². The number of hydrogen-bond acceptors (Lipinski definition) is 7. The fraction of sp³-hybridized carbons (Fsp3) is 0.355. The lowest BCUT2D eigenvalue weighted by Crippen LogP contribution is -2.68. The number of fused-ring (bicyclic) bond motifs is 4. The first-order valence-electron chi connectivity index (χ1n) is 13.7. The molecule has 0 radical (unpaired) electrons. The predicted octanol–water partition coefficient (Wildman–Crippen LogP) is 2.80. The van der Waals surface area contributed by atoms with E-state index in [1.54, 1.807) is 67.8 Å². The van der Waals surface area contributed by atoms with Crippen LogP contribution in [0.25, 0.3) is 0 Å². The lowest BCUT2D eigenvalue weighted by Gasteiger charge is -2.47. The molecule has 0 spiro atoms. The highest BCUT2D eigenvalue weighted by atomic mass is 16.5. The topological polar surface area (TPSA) is 110 Å². The molecular weight excluding hydrogens is 524 g/mol. The van der Waals surface area contributed by atoms with Crippen LogP contribution in [0, 0.1) is 11.3 Å². The standard InChI is InChI=1S/C31H32N4O6/c1-40-25-12-11-20(14-26(25)41-2)15-31(28(37)32-30(39)35(29(31)38)23-7-4-3-5-8-23)19-33-16-21-13-22(18-33)24-9-6-10-27(36)34(24)17-21/h3-12,14,21-22H,13,15-19H2,1-2H3,(H,32,37,39). The number of likely N-dealkylation sites (tertiary alicyclic amines) is 1. The first-order chi connectivity index (χ1) is 19.8. The third-order valence-electron chi connectivity index (χ3n) is 8.49. The number of piperidine rings is 1. The molecule has 4 heterocycles. The van der Waals surface area contributed by atoms with Crippen LogP contribution in [0.4, 0.5) is 10.5 Å². The number of barbiturate groups is 1. The number of benzene rings is 2. The van der Waals surface area contributed by atoms with Crippen LogP contribution in [-0.4, -0.2) is 61.2 Å². The number of nitrogens with one attached hydrogen (secondary N) is 1. The van der Waals surface area contributed by atoms with Gasteiger partial charge in [0.05, 0.1) is 19.9 Å². The third kappa shape index (κ3) is 4.67. The molecular formula is C31H32N4O6. The number of aromatic nitrogens is 1. The Morgan fingerprint density at radius 2 is 1.66 bits per heavy atom. The van der Waals surface area contributed by atoms with Gasteiger partial charge in [-0.3, -0.25) is 19.7 Å². The van der Waals surface area contributed by atoms with E-state index in [2.05, 4.69) is 10.2 Å². The molecule has 41 heavy (non-hydrogen) atoms. The van der Waals surface area contributed by atoms with Crippen LogP contribution in [0.15, 0.2) is 71.5 Å². The number of para-hydroxylation sites is 1. The molecule has 2 fully saturated rings. The zero-order valence-electron chi connectivity index (χ0n) is 23.0. The molecule has 10 nitrogen and oxygen atoms in total. The first kappa shape index (κ1) is 26.8. The molecule has 0 aliphatic carbocycles. The fourth-order valence-electron chi connectivity index (χ4n) is 6.68. The van der Waals surface area contributed by atoms with Crippen LogP contribution in [0.2, 0.25) is 0 Å². The number of nitrogens with zero attached hydrogens (tertiary/aromatic N) is 3. The summed E-state index contributed by atoms with van der Waals surface area (Å²) in [7, 11) is 3.07. The minimum absolute atomic E-state index is 0.00516. The van der Waals surface area contributed by atoms with E-state index >= 15 is 0 Å². The normalized spacial score (nSPS) is 24.0. The number of methoxy groups -OCH3 is 2. The van der Waals surface area contributed by atoms with Crippen molar-refractivity contribution in [3.63, 3.8) is 0 Å². The average Bonchev–Trinajstić information content (AvgIpc) is 2.97. The van der Waals surface area contributed by atoms with Crippen LogP contribution in [-0.2, 0) is 22.6 Å². The fourth-order valence-corrected chi connectivity index (χ4v) is 6.68. The number of amides is 4. The van der Waals surface area contributed by atoms with Gasteiger partial charge in [0.1, 0.15) is 5.41 Å². The van der Waals surface area contributed by atoms with Gasteiger partial charge in [-0.1, -0.05) is 30.3 Å². The maximum Gasteiger partial charge on any atom is 0.335 e. The van der Waals surface area contributed by atoms with E-state index in [9.17, 15) is 19.2 Å². The minimum Gasteiger partial charge on any atom is -0.493 e. The smallest absolute Gasteiger partial charge is 0.335 e. The Morgan fingerprint density at radius 3 is 2.41 bits per heavy atom. The van der Waals surface area contributed by atoms with Crippen LogP contribution < -0.4 is 25.2 Å². The quantitative estimate of drug-likeness (QED) is 0.446. The van der Waals surface area contributed by atoms with Crippen LogP contribution in [0.1, 0.15) is 23.6 Å². The van der Waals surface area contributed by atoms with Crippen molar-refractivity contribution in [2.45, 2.75) is 25.3 Å². The van der Waals surface area contributed by atoms with Gasteiger partial charge < -0.3 is 18.9 Å². The van der Waals surface area contributed by atoms with Crippen molar-refractivity contribution in [2.24, 2.45) is 11.3 Å². The number of urea groups is 1. The van der Waals surface area contributed by atoms with Gasteiger partial charge in [-0.05, 0) is 54.7 Å². The Balaban J connectivity index is 1.39. The largest absolute Gasteiger partial charge is 0.493 e. The number of anilines is 1. The summed E-state index contributed by atoms with van der Waals surface area (Å²) < 4.78 is 12.7. The van der Waals surface area contributed by atoms with Crippen molar-refractivity contribution < 1.29 is 23.9 Å². The number of carbonyl (C=O) groups is 3. The lowest BCUT2D eigenvalue weighted by molar-refractivity contribution is -0.144. The van der Waals surface area contributed by atoms with Crippen LogP contribution in [0.5, 0.6) is 11.5 Å². The second-order valence-electron chi connectivity index (χ2n) is 11.1. The Hall–Kier alpha value is -4.44. The van der Waals surface area contributed by atoms with Gasteiger partial charge >= 0.3 is 6.03 Å². The molecule has 3 aromatic rings.